The zero-order chi connectivity index (χ0) is 12.0. The molecule has 1 aromatic heterocycles. The van der Waals surface area contributed by atoms with Crippen LogP contribution in [0, 0.1) is 12.8 Å². The van der Waals surface area contributed by atoms with Crippen LogP contribution in [-0.2, 0) is 5.88 Å². The summed E-state index contributed by atoms with van der Waals surface area (Å²) in [5.41, 5.74) is 2.02. The lowest BCUT2D eigenvalue weighted by atomic mass is 10.1. The van der Waals surface area contributed by atoms with Gasteiger partial charge in [0.05, 0.1) is 6.61 Å². The molecule has 3 heteroatoms. The maximum absolute atomic E-state index is 5.77. The molecular weight excluding hydrogens is 222 g/mol. The quantitative estimate of drug-likeness (QED) is 0.704. The zero-order valence-corrected chi connectivity index (χ0v) is 11.0. The average molecular weight is 242 g/mol. The van der Waals surface area contributed by atoms with E-state index in [4.69, 9.17) is 16.3 Å². The largest absolute Gasteiger partial charge is 0.477 e. The molecule has 1 unspecified atom stereocenters. The van der Waals surface area contributed by atoms with E-state index in [1.54, 1.807) is 0 Å². The van der Waals surface area contributed by atoms with E-state index in [0.717, 1.165) is 17.9 Å². The second-order valence-corrected chi connectivity index (χ2v) is 4.50. The van der Waals surface area contributed by atoms with E-state index in [-0.39, 0.29) is 0 Å². The highest BCUT2D eigenvalue weighted by Crippen LogP contribution is 2.15. The standard InChI is InChI=1S/C13H20ClNO/c1-4-5-10(2)9-16-13-7-6-12(8-14)11(3)15-13/h6-7,10H,4-5,8-9H2,1-3H3. The number of halogens is 1. The molecule has 0 fully saturated rings. The summed E-state index contributed by atoms with van der Waals surface area (Å²) >= 11 is 5.77. The van der Waals surface area contributed by atoms with Gasteiger partial charge in [-0.05, 0) is 24.8 Å². The van der Waals surface area contributed by atoms with Crippen molar-refractivity contribution in [2.45, 2.75) is 39.5 Å². The first kappa shape index (κ1) is 13.3. The van der Waals surface area contributed by atoms with Gasteiger partial charge in [0.15, 0.2) is 0 Å². The van der Waals surface area contributed by atoms with Gasteiger partial charge < -0.3 is 4.74 Å². The Morgan fingerprint density at radius 2 is 2.19 bits per heavy atom. The molecule has 16 heavy (non-hydrogen) atoms. The van der Waals surface area contributed by atoms with E-state index in [1.807, 2.05) is 19.1 Å². The first-order chi connectivity index (χ1) is 7.67. The maximum atomic E-state index is 5.77. The summed E-state index contributed by atoms with van der Waals surface area (Å²) in [5, 5.41) is 0. The lowest BCUT2D eigenvalue weighted by Crippen LogP contribution is -2.09. The van der Waals surface area contributed by atoms with E-state index in [9.17, 15) is 0 Å². The highest BCUT2D eigenvalue weighted by molar-refractivity contribution is 6.17. The number of alkyl halides is 1. The summed E-state index contributed by atoms with van der Waals surface area (Å²) in [4.78, 5) is 4.37. The van der Waals surface area contributed by atoms with Gasteiger partial charge in [-0.3, -0.25) is 0 Å². The smallest absolute Gasteiger partial charge is 0.213 e. The Morgan fingerprint density at radius 1 is 1.44 bits per heavy atom. The monoisotopic (exact) mass is 241 g/mol. The van der Waals surface area contributed by atoms with E-state index in [0.29, 0.717) is 17.7 Å². The second kappa shape index (κ2) is 6.74. The number of aromatic nitrogens is 1. The van der Waals surface area contributed by atoms with Crippen molar-refractivity contribution in [3.63, 3.8) is 0 Å². The molecule has 0 spiro atoms. The zero-order valence-electron chi connectivity index (χ0n) is 10.3. The Balaban J connectivity index is 2.51. The fourth-order valence-electron chi connectivity index (χ4n) is 1.59. The summed E-state index contributed by atoms with van der Waals surface area (Å²) in [6, 6.07) is 3.87. The number of pyridine rings is 1. The molecular formula is C13H20ClNO. The molecule has 1 atom stereocenters. The van der Waals surface area contributed by atoms with Crippen molar-refractivity contribution in [3.8, 4) is 5.88 Å². The van der Waals surface area contributed by atoms with Gasteiger partial charge >= 0.3 is 0 Å². The number of aryl methyl sites for hydroxylation is 1. The first-order valence-electron chi connectivity index (χ1n) is 5.82. The minimum Gasteiger partial charge on any atom is -0.477 e. The number of nitrogens with zero attached hydrogens (tertiary/aromatic N) is 1. The van der Waals surface area contributed by atoms with Crippen LogP contribution in [0.1, 0.15) is 37.9 Å². The molecule has 0 N–H and O–H groups in total. The molecule has 1 aromatic rings. The second-order valence-electron chi connectivity index (χ2n) is 4.23. The van der Waals surface area contributed by atoms with Gasteiger partial charge in [0, 0.05) is 17.6 Å². The van der Waals surface area contributed by atoms with Crippen LogP contribution >= 0.6 is 11.6 Å². The number of ether oxygens (including phenoxy) is 1. The van der Waals surface area contributed by atoms with Gasteiger partial charge in [-0.1, -0.05) is 26.3 Å². The van der Waals surface area contributed by atoms with Gasteiger partial charge in [-0.2, -0.15) is 0 Å². The molecule has 1 heterocycles. The normalized spacial score (nSPS) is 12.5. The van der Waals surface area contributed by atoms with Crippen molar-refractivity contribution in [1.82, 2.24) is 4.98 Å². The minimum atomic E-state index is 0.505. The lowest BCUT2D eigenvalue weighted by molar-refractivity contribution is 0.242. The third-order valence-electron chi connectivity index (χ3n) is 2.61. The summed E-state index contributed by atoms with van der Waals surface area (Å²) < 4.78 is 5.65. The molecule has 0 aliphatic rings. The summed E-state index contributed by atoms with van der Waals surface area (Å²) in [7, 11) is 0. The predicted octanol–water partition coefficient (Wildman–Crippen LogP) is 3.94. The van der Waals surface area contributed by atoms with Gasteiger partial charge in [0.25, 0.3) is 0 Å². The fraction of sp³-hybridized carbons (Fsp3) is 0.615. The molecule has 0 saturated carbocycles. The summed E-state index contributed by atoms with van der Waals surface area (Å²) in [6.07, 6.45) is 2.39. The SMILES string of the molecule is CCCC(C)COc1ccc(CCl)c(C)n1. The van der Waals surface area contributed by atoms with E-state index < -0.39 is 0 Å². The predicted molar refractivity (Wildman–Crippen MR) is 68.1 cm³/mol. The molecule has 2 nitrogen and oxygen atoms in total. The molecule has 1 rings (SSSR count). The highest BCUT2D eigenvalue weighted by atomic mass is 35.5. The molecule has 0 amide bonds. The third-order valence-corrected chi connectivity index (χ3v) is 2.90. The number of hydrogen-bond donors (Lipinski definition) is 0. The van der Waals surface area contributed by atoms with Crippen molar-refractivity contribution >= 4 is 11.6 Å². The van der Waals surface area contributed by atoms with Crippen molar-refractivity contribution < 1.29 is 4.74 Å². The molecule has 0 radical (unpaired) electrons. The Morgan fingerprint density at radius 3 is 2.75 bits per heavy atom. The Kier molecular flexibility index (Phi) is 5.61. The molecule has 0 aromatic carbocycles. The Labute approximate surface area is 103 Å². The van der Waals surface area contributed by atoms with Crippen LogP contribution in [0.25, 0.3) is 0 Å². The highest BCUT2D eigenvalue weighted by Gasteiger charge is 2.04. The Hall–Kier alpha value is -0.760. The molecule has 0 aliphatic carbocycles. The van der Waals surface area contributed by atoms with Crippen molar-refractivity contribution in [1.29, 1.82) is 0 Å². The van der Waals surface area contributed by atoms with Crippen LogP contribution < -0.4 is 4.74 Å². The first-order valence-corrected chi connectivity index (χ1v) is 6.36. The lowest BCUT2D eigenvalue weighted by Gasteiger charge is -2.12. The van der Waals surface area contributed by atoms with Crippen molar-refractivity contribution in [2.75, 3.05) is 6.61 Å². The van der Waals surface area contributed by atoms with Gasteiger partial charge in [-0.25, -0.2) is 4.98 Å². The van der Waals surface area contributed by atoms with Gasteiger partial charge in [-0.15, -0.1) is 11.6 Å². The molecule has 0 saturated heterocycles. The van der Waals surface area contributed by atoms with Crippen LogP contribution in [0.3, 0.4) is 0 Å². The van der Waals surface area contributed by atoms with Crippen LogP contribution in [-0.4, -0.2) is 11.6 Å². The van der Waals surface area contributed by atoms with Crippen molar-refractivity contribution in [2.24, 2.45) is 5.92 Å². The maximum Gasteiger partial charge on any atom is 0.213 e. The van der Waals surface area contributed by atoms with Gasteiger partial charge in [0.1, 0.15) is 0 Å². The summed E-state index contributed by atoms with van der Waals surface area (Å²) in [5.74, 6) is 1.79. The van der Waals surface area contributed by atoms with Crippen LogP contribution in [0.5, 0.6) is 5.88 Å². The third kappa shape index (κ3) is 4.01. The average Bonchev–Trinajstić information content (AvgIpc) is 2.27. The van der Waals surface area contributed by atoms with Crippen LogP contribution in [0.4, 0.5) is 0 Å². The van der Waals surface area contributed by atoms with E-state index >= 15 is 0 Å². The van der Waals surface area contributed by atoms with E-state index in [2.05, 4.69) is 18.8 Å². The van der Waals surface area contributed by atoms with Gasteiger partial charge in [0.2, 0.25) is 5.88 Å². The van der Waals surface area contributed by atoms with Crippen LogP contribution in [0.2, 0.25) is 0 Å². The number of rotatable bonds is 6. The van der Waals surface area contributed by atoms with E-state index in [1.165, 1.54) is 12.8 Å². The molecule has 0 bridgehead atoms. The van der Waals surface area contributed by atoms with Crippen LogP contribution in [0.15, 0.2) is 12.1 Å². The number of hydrogen-bond acceptors (Lipinski definition) is 2. The summed E-state index contributed by atoms with van der Waals surface area (Å²) in [6.45, 7) is 7.08. The minimum absolute atomic E-state index is 0.505. The fourth-order valence-corrected chi connectivity index (χ4v) is 1.87. The van der Waals surface area contributed by atoms with Crippen molar-refractivity contribution in [3.05, 3.63) is 23.4 Å². The molecule has 0 aliphatic heterocycles. The topological polar surface area (TPSA) is 22.1 Å². The Bertz CT molecular complexity index is 328. The molecule has 90 valence electrons.